The molecule has 0 fully saturated rings. The second-order valence-corrected chi connectivity index (χ2v) is 6.77. The van der Waals surface area contributed by atoms with Gasteiger partial charge in [0.1, 0.15) is 0 Å². The Balaban J connectivity index is 1.85. The van der Waals surface area contributed by atoms with Gasteiger partial charge in [0.2, 0.25) is 0 Å². The van der Waals surface area contributed by atoms with E-state index >= 15 is 0 Å². The van der Waals surface area contributed by atoms with Gasteiger partial charge in [-0.3, -0.25) is 0 Å². The van der Waals surface area contributed by atoms with Crippen molar-refractivity contribution in [2.75, 3.05) is 6.54 Å². The molecule has 23 heavy (non-hydrogen) atoms. The SMILES string of the molecule is CC(C)(NC(=O)NCCc1cccc(Cl)c1)c1ccc(Cl)cc1. The van der Waals surface area contributed by atoms with Gasteiger partial charge in [0.25, 0.3) is 0 Å². The molecular weight excluding hydrogens is 331 g/mol. The predicted molar refractivity (Wildman–Crippen MR) is 96.2 cm³/mol. The van der Waals surface area contributed by atoms with E-state index in [2.05, 4.69) is 10.6 Å². The molecule has 0 spiro atoms. The summed E-state index contributed by atoms with van der Waals surface area (Å²) in [4.78, 5) is 12.1. The van der Waals surface area contributed by atoms with Crippen LogP contribution in [0, 0.1) is 0 Å². The van der Waals surface area contributed by atoms with E-state index in [1.165, 1.54) is 0 Å². The van der Waals surface area contributed by atoms with Crippen molar-refractivity contribution < 1.29 is 4.79 Å². The second kappa shape index (κ2) is 7.71. The summed E-state index contributed by atoms with van der Waals surface area (Å²) in [6.45, 7) is 4.45. The molecule has 2 aromatic carbocycles. The largest absolute Gasteiger partial charge is 0.338 e. The molecule has 0 aliphatic rings. The molecule has 2 N–H and O–H groups in total. The zero-order valence-electron chi connectivity index (χ0n) is 13.2. The third kappa shape index (κ3) is 5.45. The Morgan fingerprint density at radius 3 is 2.39 bits per heavy atom. The van der Waals surface area contributed by atoms with Crippen LogP contribution >= 0.6 is 23.2 Å². The number of carbonyl (C=O) groups is 1. The Morgan fingerprint density at radius 2 is 1.74 bits per heavy atom. The van der Waals surface area contributed by atoms with Crippen molar-refractivity contribution in [1.29, 1.82) is 0 Å². The lowest BCUT2D eigenvalue weighted by Gasteiger charge is -2.27. The van der Waals surface area contributed by atoms with Crippen LogP contribution in [-0.4, -0.2) is 12.6 Å². The minimum absolute atomic E-state index is 0.202. The van der Waals surface area contributed by atoms with E-state index in [4.69, 9.17) is 23.2 Å². The summed E-state index contributed by atoms with van der Waals surface area (Å²) < 4.78 is 0. The van der Waals surface area contributed by atoms with E-state index in [0.29, 0.717) is 16.6 Å². The highest BCUT2D eigenvalue weighted by Crippen LogP contribution is 2.21. The van der Waals surface area contributed by atoms with E-state index in [0.717, 1.165) is 17.5 Å². The Labute approximate surface area is 147 Å². The molecule has 122 valence electrons. The first kappa shape index (κ1) is 17.6. The van der Waals surface area contributed by atoms with Crippen molar-refractivity contribution in [3.63, 3.8) is 0 Å². The highest BCUT2D eigenvalue weighted by Gasteiger charge is 2.22. The van der Waals surface area contributed by atoms with Gasteiger partial charge in [0.05, 0.1) is 5.54 Å². The molecule has 0 saturated carbocycles. The molecule has 0 aliphatic heterocycles. The average Bonchev–Trinajstić information content (AvgIpc) is 2.47. The number of nitrogens with one attached hydrogen (secondary N) is 2. The summed E-state index contributed by atoms with van der Waals surface area (Å²) in [5, 5.41) is 7.22. The van der Waals surface area contributed by atoms with Gasteiger partial charge >= 0.3 is 6.03 Å². The first-order chi connectivity index (χ1) is 10.9. The van der Waals surface area contributed by atoms with E-state index in [-0.39, 0.29) is 6.03 Å². The molecule has 0 atom stereocenters. The van der Waals surface area contributed by atoms with Crippen LogP contribution in [0.3, 0.4) is 0 Å². The van der Waals surface area contributed by atoms with Gasteiger partial charge in [-0.1, -0.05) is 47.5 Å². The van der Waals surface area contributed by atoms with Crippen molar-refractivity contribution in [2.24, 2.45) is 0 Å². The van der Waals surface area contributed by atoms with Crippen molar-refractivity contribution in [2.45, 2.75) is 25.8 Å². The standard InChI is InChI=1S/C18H20Cl2N2O/c1-18(2,14-6-8-15(19)9-7-14)22-17(23)21-11-10-13-4-3-5-16(20)12-13/h3-9,12H,10-11H2,1-2H3,(H2,21,22,23). The van der Waals surface area contributed by atoms with Crippen LogP contribution in [0.25, 0.3) is 0 Å². The summed E-state index contributed by atoms with van der Waals surface area (Å²) in [7, 11) is 0. The van der Waals surface area contributed by atoms with Gasteiger partial charge in [0.15, 0.2) is 0 Å². The number of urea groups is 1. The maximum Gasteiger partial charge on any atom is 0.315 e. The highest BCUT2D eigenvalue weighted by atomic mass is 35.5. The van der Waals surface area contributed by atoms with E-state index in [9.17, 15) is 4.79 Å². The fourth-order valence-electron chi connectivity index (χ4n) is 2.28. The van der Waals surface area contributed by atoms with Crippen LogP contribution in [0.15, 0.2) is 48.5 Å². The van der Waals surface area contributed by atoms with E-state index in [1.54, 1.807) is 0 Å². The van der Waals surface area contributed by atoms with Crippen LogP contribution < -0.4 is 10.6 Å². The first-order valence-electron chi connectivity index (χ1n) is 7.43. The van der Waals surface area contributed by atoms with Gasteiger partial charge in [0, 0.05) is 16.6 Å². The smallest absolute Gasteiger partial charge is 0.315 e. The van der Waals surface area contributed by atoms with Crippen molar-refractivity contribution in [3.05, 3.63) is 69.7 Å². The predicted octanol–water partition coefficient (Wildman–Crippen LogP) is 4.77. The number of hydrogen-bond acceptors (Lipinski definition) is 1. The first-order valence-corrected chi connectivity index (χ1v) is 8.19. The number of amides is 2. The lowest BCUT2D eigenvalue weighted by molar-refractivity contribution is 0.230. The molecule has 2 rings (SSSR count). The van der Waals surface area contributed by atoms with E-state index < -0.39 is 5.54 Å². The fourth-order valence-corrected chi connectivity index (χ4v) is 2.62. The molecule has 0 saturated heterocycles. The minimum atomic E-state index is -0.481. The molecule has 0 aliphatic carbocycles. The molecule has 0 bridgehead atoms. The topological polar surface area (TPSA) is 41.1 Å². The number of benzene rings is 2. The average molecular weight is 351 g/mol. The Kier molecular flexibility index (Phi) is 5.91. The van der Waals surface area contributed by atoms with Crippen LogP contribution in [0.1, 0.15) is 25.0 Å². The highest BCUT2D eigenvalue weighted by molar-refractivity contribution is 6.30. The molecule has 0 radical (unpaired) electrons. The maximum atomic E-state index is 12.1. The van der Waals surface area contributed by atoms with Gasteiger partial charge in [-0.05, 0) is 55.7 Å². The van der Waals surface area contributed by atoms with Gasteiger partial charge in [-0.15, -0.1) is 0 Å². The molecule has 2 amide bonds. The normalized spacial score (nSPS) is 11.1. The minimum Gasteiger partial charge on any atom is -0.338 e. The third-order valence-electron chi connectivity index (χ3n) is 3.58. The zero-order chi connectivity index (χ0) is 16.9. The summed E-state index contributed by atoms with van der Waals surface area (Å²) in [6, 6.07) is 14.9. The summed E-state index contributed by atoms with van der Waals surface area (Å²) in [5.74, 6) is 0. The maximum absolute atomic E-state index is 12.1. The molecule has 0 aromatic heterocycles. The number of hydrogen-bond donors (Lipinski definition) is 2. The van der Waals surface area contributed by atoms with Crippen LogP contribution in [0.2, 0.25) is 10.0 Å². The molecule has 3 nitrogen and oxygen atoms in total. The Morgan fingerprint density at radius 1 is 1.04 bits per heavy atom. The lowest BCUT2D eigenvalue weighted by atomic mass is 9.94. The summed E-state index contributed by atoms with van der Waals surface area (Å²) in [5.41, 5.74) is 1.60. The van der Waals surface area contributed by atoms with Crippen molar-refractivity contribution >= 4 is 29.2 Å². The number of halogens is 2. The molecule has 2 aromatic rings. The van der Waals surface area contributed by atoms with E-state index in [1.807, 2.05) is 62.4 Å². The molecule has 0 unspecified atom stereocenters. The number of carbonyl (C=O) groups excluding carboxylic acids is 1. The Hall–Kier alpha value is -1.71. The van der Waals surface area contributed by atoms with Crippen LogP contribution in [0.4, 0.5) is 4.79 Å². The number of rotatable bonds is 5. The quantitative estimate of drug-likeness (QED) is 0.800. The van der Waals surface area contributed by atoms with Crippen molar-refractivity contribution in [1.82, 2.24) is 10.6 Å². The second-order valence-electron chi connectivity index (χ2n) is 5.89. The monoisotopic (exact) mass is 350 g/mol. The molecule has 0 heterocycles. The molecular formula is C18H20Cl2N2O. The van der Waals surface area contributed by atoms with Gasteiger partial charge in [-0.2, -0.15) is 0 Å². The van der Waals surface area contributed by atoms with Crippen LogP contribution in [-0.2, 0) is 12.0 Å². The van der Waals surface area contributed by atoms with Crippen LogP contribution in [0.5, 0.6) is 0 Å². The zero-order valence-corrected chi connectivity index (χ0v) is 14.7. The van der Waals surface area contributed by atoms with Crippen molar-refractivity contribution in [3.8, 4) is 0 Å². The lowest BCUT2D eigenvalue weighted by Crippen LogP contribution is -2.46. The third-order valence-corrected chi connectivity index (χ3v) is 4.07. The van der Waals surface area contributed by atoms with Gasteiger partial charge < -0.3 is 10.6 Å². The molecule has 5 heteroatoms. The summed E-state index contributed by atoms with van der Waals surface area (Å²) >= 11 is 11.8. The summed E-state index contributed by atoms with van der Waals surface area (Å²) in [6.07, 6.45) is 0.732. The fraction of sp³-hybridized carbons (Fsp3) is 0.278. The van der Waals surface area contributed by atoms with Gasteiger partial charge in [-0.25, -0.2) is 4.79 Å². The Bertz CT molecular complexity index is 669.